The van der Waals surface area contributed by atoms with Gasteiger partial charge in [0, 0.05) is 30.5 Å². The first-order valence-corrected chi connectivity index (χ1v) is 8.40. The Labute approximate surface area is 146 Å². The predicted octanol–water partition coefficient (Wildman–Crippen LogP) is 1.48. The maximum absolute atomic E-state index is 12.5. The molecule has 1 saturated heterocycles. The van der Waals surface area contributed by atoms with Crippen molar-refractivity contribution in [2.45, 2.75) is 19.4 Å². The Bertz CT molecular complexity index is 864. The lowest BCUT2D eigenvalue weighted by Gasteiger charge is -2.16. The zero-order chi connectivity index (χ0) is 17.3. The van der Waals surface area contributed by atoms with Crippen molar-refractivity contribution in [3.05, 3.63) is 39.4 Å². The summed E-state index contributed by atoms with van der Waals surface area (Å²) >= 11 is 3.33. The first kappa shape index (κ1) is 16.6. The van der Waals surface area contributed by atoms with Gasteiger partial charge in [-0.25, -0.2) is 4.98 Å². The molecule has 1 N–H and O–H groups in total. The van der Waals surface area contributed by atoms with Crippen molar-refractivity contribution < 1.29 is 14.7 Å². The molecule has 0 saturated carbocycles. The van der Waals surface area contributed by atoms with Crippen molar-refractivity contribution in [3.8, 4) is 0 Å². The highest BCUT2D eigenvalue weighted by Gasteiger charge is 2.30. The molecule has 0 spiro atoms. The van der Waals surface area contributed by atoms with Gasteiger partial charge in [0.2, 0.25) is 5.91 Å². The molecular weight excluding hydrogens is 378 g/mol. The summed E-state index contributed by atoms with van der Waals surface area (Å²) in [5.41, 5.74) is 0.411. The van der Waals surface area contributed by atoms with E-state index in [9.17, 15) is 14.4 Å². The molecule has 3 rings (SSSR count). The molecule has 0 radical (unpaired) electrons. The number of carbonyl (C=O) groups excluding carboxylic acids is 1. The van der Waals surface area contributed by atoms with E-state index in [2.05, 4.69) is 20.9 Å². The van der Waals surface area contributed by atoms with E-state index in [0.717, 1.165) is 4.47 Å². The van der Waals surface area contributed by atoms with E-state index in [0.29, 0.717) is 23.9 Å². The summed E-state index contributed by atoms with van der Waals surface area (Å²) in [6.07, 6.45) is 2.07. The van der Waals surface area contributed by atoms with Crippen molar-refractivity contribution in [2.24, 2.45) is 5.92 Å². The lowest BCUT2D eigenvalue weighted by atomic mass is 10.1. The second-order valence-corrected chi connectivity index (χ2v) is 6.73. The molecule has 1 aromatic heterocycles. The van der Waals surface area contributed by atoms with Crippen molar-refractivity contribution in [1.82, 2.24) is 14.5 Å². The largest absolute Gasteiger partial charge is 0.481 e. The van der Waals surface area contributed by atoms with Crippen LogP contribution in [0, 0.1) is 5.92 Å². The van der Waals surface area contributed by atoms with Crippen molar-refractivity contribution >= 4 is 38.7 Å². The molecule has 0 bridgehead atoms. The van der Waals surface area contributed by atoms with Gasteiger partial charge in [0.15, 0.2) is 0 Å². The minimum Gasteiger partial charge on any atom is -0.481 e. The maximum atomic E-state index is 12.5. The molecule has 1 atom stereocenters. The summed E-state index contributed by atoms with van der Waals surface area (Å²) in [7, 11) is 0. The van der Waals surface area contributed by atoms with Gasteiger partial charge >= 0.3 is 5.97 Å². The van der Waals surface area contributed by atoms with Crippen LogP contribution in [0.1, 0.15) is 12.8 Å². The number of hydrogen-bond acceptors (Lipinski definition) is 4. The number of amides is 1. The van der Waals surface area contributed by atoms with Crippen LogP contribution in [0.25, 0.3) is 10.9 Å². The fraction of sp³-hybridized carbons (Fsp3) is 0.375. The third-order valence-electron chi connectivity index (χ3n) is 4.24. The zero-order valence-electron chi connectivity index (χ0n) is 12.8. The first-order valence-electron chi connectivity index (χ1n) is 7.61. The van der Waals surface area contributed by atoms with Gasteiger partial charge in [0.05, 0.1) is 23.1 Å². The van der Waals surface area contributed by atoms with Gasteiger partial charge in [0.25, 0.3) is 5.56 Å². The van der Waals surface area contributed by atoms with Gasteiger partial charge in [-0.3, -0.25) is 19.0 Å². The third-order valence-corrected chi connectivity index (χ3v) is 4.74. The van der Waals surface area contributed by atoms with Crippen LogP contribution in [0.15, 0.2) is 33.8 Å². The number of aliphatic carboxylic acids is 1. The standard InChI is InChI=1S/C16H16BrN3O4/c17-11-1-2-13-12(7-11)15(22)20(9-18-13)6-4-14(21)19-5-3-10(8-19)16(23)24/h1-2,7,9-10H,3-6,8H2,(H,23,24)/t10-/m0/s1. The number of rotatable bonds is 4. The zero-order valence-corrected chi connectivity index (χ0v) is 14.4. The summed E-state index contributed by atoms with van der Waals surface area (Å²) < 4.78 is 2.21. The quantitative estimate of drug-likeness (QED) is 0.848. The molecule has 0 aliphatic carbocycles. The van der Waals surface area contributed by atoms with E-state index in [1.165, 1.54) is 10.9 Å². The van der Waals surface area contributed by atoms with Crippen molar-refractivity contribution in [3.63, 3.8) is 0 Å². The van der Waals surface area contributed by atoms with Crippen LogP contribution in [-0.4, -0.2) is 44.5 Å². The highest BCUT2D eigenvalue weighted by Crippen LogP contribution is 2.18. The predicted molar refractivity (Wildman–Crippen MR) is 90.6 cm³/mol. The van der Waals surface area contributed by atoms with Gasteiger partial charge in [-0.1, -0.05) is 15.9 Å². The summed E-state index contributed by atoms with van der Waals surface area (Å²) in [6, 6.07) is 5.28. The monoisotopic (exact) mass is 393 g/mol. The van der Waals surface area contributed by atoms with Crippen LogP contribution in [0.5, 0.6) is 0 Å². The van der Waals surface area contributed by atoms with Gasteiger partial charge < -0.3 is 10.0 Å². The van der Waals surface area contributed by atoms with Gasteiger partial charge in [0.1, 0.15) is 0 Å². The van der Waals surface area contributed by atoms with Crippen LogP contribution in [0.3, 0.4) is 0 Å². The maximum Gasteiger partial charge on any atom is 0.308 e. The van der Waals surface area contributed by atoms with Crippen LogP contribution >= 0.6 is 15.9 Å². The number of fused-ring (bicyclic) bond motifs is 1. The molecule has 1 aromatic carbocycles. The summed E-state index contributed by atoms with van der Waals surface area (Å²) in [6.45, 7) is 0.918. The molecule has 1 fully saturated rings. The average Bonchev–Trinajstić information content (AvgIpc) is 3.05. The fourth-order valence-corrected chi connectivity index (χ4v) is 3.21. The molecule has 1 aliphatic heterocycles. The number of aromatic nitrogens is 2. The smallest absolute Gasteiger partial charge is 0.308 e. The molecule has 1 aliphatic rings. The highest BCUT2D eigenvalue weighted by atomic mass is 79.9. The van der Waals surface area contributed by atoms with E-state index in [1.54, 1.807) is 17.0 Å². The molecule has 2 heterocycles. The Morgan fingerprint density at radius 1 is 1.38 bits per heavy atom. The van der Waals surface area contributed by atoms with E-state index in [1.807, 2.05) is 6.07 Å². The number of carboxylic acid groups (broad SMARTS) is 1. The van der Waals surface area contributed by atoms with Crippen LogP contribution in [-0.2, 0) is 16.1 Å². The summed E-state index contributed by atoms with van der Waals surface area (Å²) in [4.78, 5) is 41.4. The van der Waals surface area contributed by atoms with Crippen molar-refractivity contribution in [2.75, 3.05) is 13.1 Å². The third kappa shape index (κ3) is 3.33. The van der Waals surface area contributed by atoms with Crippen molar-refractivity contribution in [1.29, 1.82) is 0 Å². The summed E-state index contributed by atoms with van der Waals surface area (Å²) in [5, 5.41) is 9.48. The molecule has 8 heteroatoms. The van der Waals surface area contributed by atoms with E-state index in [-0.39, 0.29) is 31.0 Å². The SMILES string of the molecule is O=C(O)[C@H]1CCN(C(=O)CCn2cnc3ccc(Br)cc3c2=O)C1. The molecular formula is C16H16BrN3O4. The van der Waals surface area contributed by atoms with Crippen LogP contribution in [0.4, 0.5) is 0 Å². The Kier molecular flexibility index (Phi) is 4.66. The second kappa shape index (κ2) is 6.72. The normalized spacial score (nSPS) is 17.4. The van der Waals surface area contributed by atoms with Gasteiger partial charge in [-0.2, -0.15) is 0 Å². The molecule has 1 amide bonds. The number of hydrogen-bond donors (Lipinski definition) is 1. The fourth-order valence-electron chi connectivity index (χ4n) is 2.85. The Balaban J connectivity index is 1.70. The highest BCUT2D eigenvalue weighted by molar-refractivity contribution is 9.10. The Hall–Kier alpha value is -2.22. The van der Waals surface area contributed by atoms with E-state index >= 15 is 0 Å². The molecule has 0 unspecified atom stereocenters. The summed E-state index contributed by atoms with van der Waals surface area (Å²) in [5.74, 6) is -1.50. The lowest BCUT2D eigenvalue weighted by Crippen LogP contribution is -2.31. The topological polar surface area (TPSA) is 92.5 Å². The average molecular weight is 394 g/mol. The molecule has 7 nitrogen and oxygen atoms in total. The molecule has 24 heavy (non-hydrogen) atoms. The molecule has 126 valence electrons. The number of carbonyl (C=O) groups is 2. The number of nitrogens with zero attached hydrogens (tertiary/aromatic N) is 3. The van der Waals surface area contributed by atoms with Crippen LogP contribution < -0.4 is 5.56 Å². The molecule has 2 aromatic rings. The van der Waals surface area contributed by atoms with Gasteiger partial charge in [-0.15, -0.1) is 0 Å². The Morgan fingerprint density at radius 2 is 2.17 bits per heavy atom. The minimum atomic E-state index is -0.870. The minimum absolute atomic E-state index is 0.139. The van der Waals surface area contributed by atoms with Gasteiger partial charge in [-0.05, 0) is 24.6 Å². The number of benzene rings is 1. The number of halogens is 1. The van der Waals surface area contributed by atoms with Crippen LogP contribution in [0.2, 0.25) is 0 Å². The van der Waals surface area contributed by atoms with E-state index < -0.39 is 11.9 Å². The Morgan fingerprint density at radius 3 is 2.88 bits per heavy atom. The second-order valence-electron chi connectivity index (χ2n) is 5.82. The number of likely N-dealkylation sites (tertiary alicyclic amines) is 1. The van der Waals surface area contributed by atoms with E-state index in [4.69, 9.17) is 5.11 Å². The first-order chi connectivity index (χ1) is 11.5. The lowest BCUT2D eigenvalue weighted by molar-refractivity contribution is -0.141. The number of aryl methyl sites for hydroxylation is 1. The number of carboxylic acids is 1.